The van der Waals surface area contributed by atoms with Crippen molar-refractivity contribution in [2.75, 3.05) is 13.8 Å². The van der Waals surface area contributed by atoms with Crippen molar-refractivity contribution in [3.8, 4) is 0 Å². The highest BCUT2D eigenvalue weighted by molar-refractivity contribution is 7.66. The number of ether oxygens (including phenoxy) is 1. The number of ketones is 1. The number of nitrogens with zero attached hydrogens (tertiary/aromatic N) is 2. The lowest BCUT2D eigenvalue weighted by molar-refractivity contribution is -0.145. The van der Waals surface area contributed by atoms with E-state index in [2.05, 4.69) is 18.1 Å². The van der Waals surface area contributed by atoms with Crippen LogP contribution in [0.15, 0.2) is 17.3 Å². The van der Waals surface area contributed by atoms with Crippen molar-refractivity contribution in [1.29, 1.82) is 0 Å². The Labute approximate surface area is 185 Å². The van der Waals surface area contributed by atoms with Gasteiger partial charge < -0.3 is 40.3 Å². The summed E-state index contributed by atoms with van der Waals surface area (Å²) >= 11 is 0. The predicted octanol–water partition coefficient (Wildman–Crippen LogP) is -1.94. The average Bonchev–Trinajstić information content (AvgIpc) is 2.93. The molecule has 1 amide bonds. The molecule has 0 aromatic carbocycles. The van der Waals surface area contributed by atoms with Crippen molar-refractivity contribution in [1.82, 2.24) is 4.90 Å². The summed E-state index contributed by atoms with van der Waals surface area (Å²) in [5.74, 6) is -1.52. The zero-order chi connectivity index (χ0) is 25.2. The quantitative estimate of drug-likeness (QED) is 0.123. The van der Waals surface area contributed by atoms with Crippen molar-refractivity contribution in [3.63, 3.8) is 0 Å². The maximum atomic E-state index is 12.5. The Morgan fingerprint density at radius 1 is 1.21 bits per heavy atom. The van der Waals surface area contributed by atoms with E-state index in [-0.39, 0.29) is 12.4 Å². The molecule has 188 valence electrons. The van der Waals surface area contributed by atoms with Crippen LogP contribution < -0.4 is 5.73 Å². The van der Waals surface area contributed by atoms with Gasteiger partial charge in [-0.05, 0) is 6.08 Å². The molecule has 7 N–H and O–H groups in total. The Morgan fingerprint density at radius 3 is 2.33 bits per heavy atom. The van der Waals surface area contributed by atoms with E-state index < -0.39 is 66.3 Å². The Morgan fingerprint density at radius 2 is 1.85 bits per heavy atom. The Bertz CT molecular complexity index is 978. The molecule has 0 radical (unpaired) electrons. The number of hydrogen-bond donors (Lipinski definition) is 6. The fraction of sp³-hybridized carbons (Fsp3) is 0.583. The molecule has 2 unspecified atom stereocenters. The molecule has 0 aromatic heterocycles. The molecule has 33 heavy (non-hydrogen) atoms. The number of aliphatic imine (C=N–C) groups is 1. The van der Waals surface area contributed by atoms with Gasteiger partial charge in [-0.15, -0.1) is 0 Å². The number of Topliss-reactive ketones (excluding diaryl/α,β-unsaturated/α-hetero) is 1. The Kier molecular flexibility index (Phi) is 8.87. The molecule has 6 atom stereocenters. The highest BCUT2D eigenvalue weighted by Gasteiger charge is 2.51. The molecule has 2 rings (SSSR count). The number of carbonyl (C=O) groups is 2. The second-order valence-electron chi connectivity index (χ2n) is 6.31. The Balaban J connectivity index is 2.07. The van der Waals surface area contributed by atoms with Crippen LogP contribution in [0.25, 0.3) is 0 Å². The summed E-state index contributed by atoms with van der Waals surface area (Å²) in [6.45, 7) is -0.294. The van der Waals surface area contributed by atoms with E-state index in [0.717, 1.165) is 0 Å². The van der Waals surface area contributed by atoms with Gasteiger partial charge >= 0.3 is 23.5 Å². The lowest BCUT2D eigenvalue weighted by Crippen LogP contribution is -2.43. The summed E-state index contributed by atoms with van der Waals surface area (Å²) in [5, 5.41) is 20.3. The molecule has 2 heterocycles. The number of rotatable bonds is 11. The molecule has 1 saturated heterocycles. The molecule has 1 fully saturated rings. The van der Waals surface area contributed by atoms with E-state index in [4.69, 9.17) is 24.8 Å². The van der Waals surface area contributed by atoms with Gasteiger partial charge in [-0.25, -0.2) is 13.7 Å². The topological polar surface area (TPSA) is 274 Å². The first-order chi connectivity index (χ1) is 15.1. The lowest BCUT2D eigenvalue weighted by Gasteiger charge is -2.29. The molecule has 0 aromatic rings. The summed E-state index contributed by atoms with van der Waals surface area (Å²) in [6.07, 6.45) is -5.25. The van der Waals surface area contributed by atoms with Crippen LogP contribution in [0.2, 0.25) is 0 Å². The van der Waals surface area contributed by atoms with Gasteiger partial charge in [-0.1, -0.05) is 0 Å². The number of carbonyl (C=O) groups excluding carboxylic acids is 2. The zero-order valence-corrected chi connectivity index (χ0v) is 19.2. The van der Waals surface area contributed by atoms with Crippen LogP contribution in [0, 0.1) is 0 Å². The van der Waals surface area contributed by atoms with Crippen LogP contribution in [-0.2, 0) is 45.7 Å². The SMILES string of the molecule is COP(=O)(O[C@H]1O[C@@H](N2C=CC(C(=O)CC(N)=O)=NC2)[C@H](O)[C@@H]1O)OP(=O)(O)OP(=O)(O)O. The maximum Gasteiger partial charge on any atom is 0.490 e. The normalized spacial score (nSPS) is 29.3. The fourth-order valence-electron chi connectivity index (χ4n) is 2.51. The number of allylic oxidation sites excluding steroid dienone is 1. The first-order valence-electron chi connectivity index (χ1n) is 8.52. The number of aliphatic hydroxyl groups excluding tert-OH is 2. The molecule has 0 bridgehead atoms. The number of nitrogens with two attached hydrogens (primary N) is 1. The smallest absolute Gasteiger partial charge is 0.385 e. The molecule has 21 heteroatoms. The molecular formula is C12H20N3O15P3. The largest absolute Gasteiger partial charge is 0.490 e. The monoisotopic (exact) mass is 539 g/mol. The minimum Gasteiger partial charge on any atom is -0.385 e. The molecular weight excluding hydrogens is 519 g/mol. The molecule has 2 aliphatic heterocycles. The minimum absolute atomic E-state index is 0.0908. The first-order valence-corrected chi connectivity index (χ1v) is 13.0. The van der Waals surface area contributed by atoms with E-state index in [1.807, 2.05) is 0 Å². The molecule has 0 aliphatic carbocycles. The van der Waals surface area contributed by atoms with Crippen LogP contribution in [0.5, 0.6) is 0 Å². The average molecular weight is 539 g/mol. The van der Waals surface area contributed by atoms with E-state index in [1.165, 1.54) is 17.2 Å². The van der Waals surface area contributed by atoms with E-state index in [9.17, 15) is 38.4 Å². The predicted molar refractivity (Wildman–Crippen MR) is 103 cm³/mol. The van der Waals surface area contributed by atoms with Crippen molar-refractivity contribution < 1.29 is 70.6 Å². The summed E-state index contributed by atoms with van der Waals surface area (Å²) in [7, 11) is -15.7. The number of amides is 1. The summed E-state index contributed by atoms with van der Waals surface area (Å²) < 4.78 is 56.6. The van der Waals surface area contributed by atoms with E-state index in [0.29, 0.717) is 7.11 Å². The van der Waals surface area contributed by atoms with Gasteiger partial charge in [-0.3, -0.25) is 23.6 Å². The third kappa shape index (κ3) is 7.83. The van der Waals surface area contributed by atoms with Crippen molar-refractivity contribution in [2.24, 2.45) is 10.7 Å². The van der Waals surface area contributed by atoms with Gasteiger partial charge in [0.05, 0.1) is 6.42 Å². The van der Waals surface area contributed by atoms with Gasteiger partial charge in [0.15, 0.2) is 18.3 Å². The second kappa shape index (κ2) is 10.5. The van der Waals surface area contributed by atoms with Gasteiger partial charge in [0.25, 0.3) is 0 Å². The van der Waals surface area contributed by atoms with E-state index in [1.54, 1.807) is 0 Å². The van der Waals surface area contributed by atoms with Gasteiger partial charge in [0, 0.05) is 13.3 Å². The molecule has 2 aliphatic rings. The zero-order valence-electron chi connectivity index (χ0n) is 16.5. The third-order valence-electron chi connectivity index (χ3n) is 3.84. The van der Waals surface area contributed by atoms with Gasteiger partial charge in [0.1, 0.15) is 24.6 Å². The van der Waals surface area contributed by atoms with Crippen LogP contribution in [-0.4, -0.2) is 85.7 Å². The fourth-order valence-corrected chi connectivity index (χ4v) is 5.92. The molecule has 0 saturated carbocycles. The van der Waals surface area contributed by atoms with E-state index >= 15 is 0 Å². The standard InChI is InChI=1S/C12H20N3O15P3/c1-26-33(25,30-32(23,24)29-31(20,21)22)28-12-10(19)9(18)11(27-12)15-3-2-6(14-5-15)7(16)4-8(13)17/h2-3,9-12,18-19H,4-5H2,1H3,(H2,13,17)(H,23,24)(H2,20,21,22)/t9-,10+,11-,12-,33?/m1/s1. The Hall–Kier alpha value is -1.36. The lowest BCUT2D eigenvalue weighted by atomic mass is 10.1. The van der Waals surface area contributed by atoms with Crippen LogP contribution in [0.1, 0.15) is 6.42 Å². The van der Waals surface area contributed by atoms with Crippen molar-refractivity contribution in [3.05, 3.63) is 12.3 Å². The van der Waals surface area contributed by atoms with Crippen LogP contribution >= 0.6 is 23.5 Å². The number of primary amides is 1. The summed E-state index contributed by atoms with van der Waals surface area (Å²) in [4.78, 5) is 54.2. The molecule has 18 nitrogen and oxygen atoms in total. The highest BCUT2D eigenvalue weighted by Crippen LogP contribution is 2.68. The van der Waals surface area contributed by atoms with Crippen molar-refractivity contribution >= 4 is 40.9 Å². The minimum atomic E-state index is -5.69. The number of phosphoric ester groups is 1. The maximum absolute atomic E-state index is 12.5. The second-order valence-corrected chi connectivity index (χ2v) is 11.0. The summed E-state index contributed by atoms with van der Waals surface area (Å²) in [6, 6.07) is 0. The first kappa shape index (κ1) is 27.9. The number of hydrogen-bond acceptors (Lipinski definition) is 14. The highest BCUT2D eigenvalue weighted by atomic mass is 31.3. The van der Waals surface area contributed by atoms with Gasteiger partial charge in [0.2, 0.25) is 5.91 Å². The van der Waals surface area contributed by atoms with Gasteiger partial charge in [-0.2, -0.15) is 8.62 Å². The number of phosphoric acid groups is 3. The molecule has 0 spiro atoms. The van der Waals surface area contributed by atoms with Crippen molar-refractivity contribution in [2.45, 2.75) is 31.1 Å². The number of aliphatic hydroxyl groups is 2. The summed E-state index contributed by atoms with van der Waals surface area (Å²) in [5.41, 5.74) is 4.85. The third-order valence-corrected chi connectivity index (χ3v) is 8.05. The van der Waals surface area contributed by atoms with Crippen LogP contribution in [0.3, 0.4) is 0 Å². The van der Waals surface area contributed by atoms with Crippen LogP contribution in [0.4, 0.5) is 0 Å².